The molecule has 31 heavy (non-hydrogen) atoms. The zero-order chi connectivity index (χ0) is 22.4. The summed E-state index contributed by atoms with van der Waals surface area (Å²) in [6.07, 6.45) is 0. The second kappa shape index (κ2) is 9.67. The van der Waals surface area contributed by atoms with E-state index in [0.717, 1.165) is 11.1 Å². The summed E-state index contributed by atoms with van der Waals surface area (Å²) in [5.74, 6) is -0.511. The summed E-state index contributed by atoms with van der Waals surface area (Å²) in [7, 11) is 1.70. The van der Waals surface area contributed by atoms with Crippen molar-refractivity contribution < 1.29 is 19.2 Å². The molecule has 158 valence electrons. The number of likely N-dealkylation sites (N-methyl/N-ethyl adjacent to an activating group) is 1. The van der Waals surface area contributed by atoms with Gasteiger partial charge in [-0.2, -0.15) is 0 Å². The van der Waals surface area contributed by atoms with E-state index in [9.17, 15) is 19.7 Å². The minimum Gasteiger partial charge on any atom is -0.484 e. The Morgan fingerprint density at radius 2 is 1.52 bits per heavy atom. The fourth-order valence-electron chi connectivity index (χ4n) is 3.35. The van der Waals surface area contributed by atoms with Crippen molar-refractivity contribution in [3.05, 3.63) is 106 Å². The molecule has 1 amide bonds. The van der Waals surface area contributed by atoms with Gasteiger partial charge in [-0.1, -0.05) is 60.7 Å². The van der Waals surface area contributed by atoms with Crippen LogP contribution in [0.5, 0.6) is 5.75 Å². The van der Waals surface area contributed by atoms with E-state index in [2.05, 4.69) is 0 Å². The van der Waals surface area contributed by atoms with Crippen molar-refractivity contribution in [3.63, 3.8) is 0 Å². The first kappa shape index (κ1) is 21.7. The van der Waals surface area contributed by atoms with Gasteiger partial charge in [0, 0.05) is 13.1 Å². The first-order chi connectivity index (χ1) is 14.9. The zero-order valence-corrected chi connectivity index (χ0v) is 17.2. The van der Waals surface area contributed by atoms with Crippen molar-refractivity contribution in [1.82, 2.24) is 4.90 Å². The number of benzene rings is 3. The monoisotopic (exact) mass is 418 g/mol. The Morgan fingerprint density at radius 1 is 0.968 bits per heavy atom. The Kier molecular flexibility index (Phi) is 6.77. The average molecular weight is 418 g/mol. The molecule has 0 saturated carbocycles. The van der Waals surface area contributed by atoms with E-state index in [4.69, 9.17) is 4.74 Å². The Bertz CT molecular complexity index is 1040. The Balaban J connectivity index is 1.79. The fraction of sp³-hybridized carbons (Fsp3) is 0.167. The van der Waals surface area contributed by atoms with E-state index in [1.165, 1.54) is 25.1 Å². The first-order valence-corrected chi connectivity index (χ1v) is 9.66. The highest BCUT2D eigenvalue weighted by Gasteiger charge is 2.24. The van der Waals surface area contributed by atoms with Crippen LogP contribution in [0, 0.1) is 10.1 Å². The van der Waals surface area contributed by atoms with E-state index < -0.39 is 10.7 Å². The number of ether oxygens (including phenoxy) is 1. The molecule has 0 spiro atoms. The number of hydrogen-bond donors (Lipinski definition) is 0. The predicted octanol–water partition coefficient (Wildman–Crippen LogP) is 4.42. The van der Waals surface area contributed by atoms with Gasteiger partial charge < -0.3 is 9.64 Å². The van der Waals surface area contributed by atoms with E-state index in [1.807, 2.05) is 60.7 Å². The van der Waals surface area contributed by atoms with Crippen molar-refractivity contribution in [2.24, 2.45) is 0 Å². The molecule has 0 atom stereocenters. The number of carbonyl (C=O) groups is 2. The molecular weight excluding hydrogens is 396 g/mol. The smallest absolute Gasteiger partial charge is 0.280 e. The molecule has 0 saturated heterocycles. The number of nitrogens with zero attached hydrogens (tertiary/aromatic N) is 2. The lowest BCUT2D eigenvalue weighted by molar-refractivity contribution is -0.385. The van der Waals surface area contributed by atoms with Crippen LogP contribution in [0.2, 0.25) is 0 Å². The number of Topliss-reactive ketones (excluding diaryl/α,β-unsaturated/α-hetero) is 1. The van der Waals surface area contributed by atoms with E-state index >= 15 is 0 Å². The molecule has 0 aliphatic rings. The molecule has 3 rings (SSSR count). The average Bonchev–Trinajstić information content (AvgIpc) is 2.78. The maximum Gasteiger partial charge on any atom is 0.280 e. The number of amides is 1. The molecule has 7 nitrogen and oxygen atoms in total. The predicted molar refractivity (Wildman–Crippen MR) is 116 cm³/mol. The van der Waals surface area contributed by atoms with Crippen LogP contribution in [0.1, 0.15) is 34.5 Å². The number of nitro benzene ring substituents is 1. The van der Waals surface area contributed by atoms with Crippen LogP contribution in [-0.2, 0) is 4.79 Å². The summed E-state index contributed by atoms with van der Waals surface area (Å²) in [5.41, 5.74) is 1.56. The Hall–Kier alpha value is -4.00. The number of ketones is 1. The summed E-state index contributed by atoms with van der Waals surface area (Å²) in [4.78, 5) is 36.7. The van der Waals surface area contributed by atoms with Gasteiger partial charge in [0.1, 0.15) is 5.75 Å². The summed E-state index contributed by atoms with van der Waals surface area (Å²) in [6.45, 7) is 0.969. The number of carbonyl (C=O) groups excluding carboxylic acids is 2. The van der Waals surface area contributed by atoms with Gasteiger partial charge in [0.25, 0.3) is 11.6 Å². The molecule has 7 heteroatoms. The van der Waals surface area contributed by atoms with Gasteiger partial charge in [-0.25, -0.2) is 0 Å². The maximum atomic E-state index is 12.9. The van der Waals surface area contributed by atoms with Crippen molar-refractivity contribution in [2.45, 2.75) is 13.0 Å². The lowest BCUT2D eigenvalue weighted by atomic mass is 9.97. The number of nitro groups is 1. The molecular formula is C24H22N2O5. The number of hydrogen-bond acceptors (Lipinski definition) is 5. The number of rotatable bonds is 8. The minimum atomic E-state index is -0.621. The van der Waals surface area contributed by atoms with Gasteiger partial charge in [-0.05, 0) is 30.2 Å². The zero-order valence-electron chi connectivity index (χ0n) is 17.2. The highest BCUT2D eigenvalue weighted by Crippen LogP contribution is 2.28. The van der Waals surface area contributed by atoms with Crippen LogP contribution >= 0.6 is 0 Å². The Labute approximate surface area is 180 Å². The molecule has 0 heterocycles. The second-order valence-corrected chi connectivity index (χ2v) is 7.01. The second-order valence-electron chi connectivity index (χ2n) is 7.01. The third-order valence-electron chi connectivity index (χ3n) is 4.92. The van der Waals surface area contributed by atoms with Crippen LogP contribution in [-0.4, -0.2) is 35.2 Å². The van der Waals surface area contributed by atoms with Crippen LogP contribution < -0.4 is 4.74 Å². The third-order valence-corrected chi connectivity index (χ3v) is 4.92. The molecule has 3 aromatic rings. The third kappa shape index (κ3) is 5.14. The van der Waals surface area contributed by atoms with Gasteiger partial charge >= 0.3 is 0 Å². The largest absolute Gasteiger partial charge is 0.484 e. The molecule has 0 aliphatic carbocycles. The Morgan fingerprint density at radius 3 is 2.00 bits per heavy atom. The van der Waals surface area contributed by atoms with Gasteiger partial charge in [0.05, 0.1) is 16.5 Å². The fourth-order valence-corrected chi connectivity index (χ4v) is 3.35. The molecule has 0 bridgehead atoms. The minimum absolute atomic E-state index is 0.0604. The van der Waals surface area contributed by atoms with Gasteiger partial charge in [0.2, 0.25) is 0 Å². The summed E-state index contributed by atoms with van der Waals surface area (Å²) in [6, 6.07) is 22.9. The lowest BCUT2D eigenvalue weighted by Crippen LogP contribution is -2.35. The molecule has 0 aromatic heterocycles. The maximum absolute atomic E-state index is 12.9. The lowest BCUT2D eigenvalue weighted by Gasteiger charge is -2.29. The molecule has 3 aromatic carbocycles. The molecule has 0 unspecified atom stereocenters. The normalized spacial score (nSPS) is 10.5. The van der Waals surface area contributed by atoms with Crippen LogP contribution in [0.3, 0.4) is 0 Å². The molecule has 0 radical (unpaired) electrons. The van der Waals surface area contributed by atoms with E-state index in [0.29, 0.717) is 0 Å². The van der Waals surface area contributed by atoms with Crippen molar-refractivity contribution in [3.8, 4) is 5.75 Å². The summed E-state index contributed by atoms with van der Waals surface area (Å²) < 4.78 is 5.57. The summed E-state index contributed by atoms with van der Waals surface area (Å²) >= 11 is 0. The van der Waals surface area contributed by atoms with Crippen LogP contribution in [0.25, 0.3) is 0 Å². The van der Waals surface area contributed by atoms with E-state index in [-0.39, 0.29) is 35.6 Å². The van der Waals surface area contributed by atoms with Gasteiger partial charge in [-0.3, -0.25) is 19.7 Å². The van der Waals surface area contributed by atoms with E-state index in [1.54, 1.807) is 11.9 Å². The summed E-state index contributed by atoms with van der Waals surface area (Å²) in [5, 5.41) is 11.1. The molecule has 0 aliphatic heterocycles. The topological polar surface area (TPSA) is 89.8 Å². The SMILES string of the molecule is CC(=O)c1cc(OCC(=O)N(C)C(c2ccccc2)c2ccccc2)ccc1[N+](=O)[O-]. The standard InChI is InChI=1S/C24H22N2O5/c1-17(27)21-15-20(13-14-22(21)26(29)30)31-16-23(28)25(2)24(18-9-5-3-6-10-18)19-11-7-4-8-12-19/h3-15,24H,16H2,1-2H3. The van der Waals surface area contributed by atoms with Crippen molar-refractivity contribution >= 4 is 17.4 Å². The highest BCUT2D eigenvalue weighted by atomic mass is 16.6. The first-order valence-electron chi connectivity index (χ1n) is 9.66. The van der Waals surface area contributed by atoms with Crippen molar-refractivity contribution in [2.75, 3.05) is 13.7 Å². The van der Waals surface area contributed by atoms with Gasteiger partial charge in [0.15, 0.2) is 12.4 Å². The quantitative estimate of drug-likeness (QED) is 0.307. The van der Waals surface area contributed by atoms with Crippen LogP contribution in [0.4, 0.5) is 5.69 Å². The van der Waals surface area contributed by atoms with Crippen molar-refractivity contribution in [1.29, 1.82) is 0 Å². The molecule has 0 fully saturated rings. The van der Waals surface area contributed by atoms with Gasteiger partial charge in [-0.15, -0.1) is 0 Å². The highest BCUT2D eigenvalue weighted by molar-refractivity contribution is 5.98. The molecule has 0 N–H and O–H groups in total. The van der Waals surface area contributed by atoms with Crippen LogP contribution in [0.15, 0.2) is 78.9 Å².